The fourth-order valence-electron chi connectivity index (χ4n) is 1.03. The van der Waals surface area contributed by atoms with E-state index >= 15 is 0 Å². The molecule has 3 heteroatoms. The first-order valence-electron chi connectivity index (χ1n) is 4.24. The number of Topliss-reactive ketones (excluding diaryl/α,β-unsaturated/α-hetero) is 1. The molecule has 0 aliphatic carbocycles. The Hall–Kier alpha value is -1.22. The largest absolute Gasteiger partial charge is 0.351 e. The van der Waals surface area contributed by atoms with E-state index in [4.69, 9.17) is 0 Å². The quantitative estimate of drug-likeness (QED) is 0.769. The van der Waals surface area contributed by atoms with Gasteiger partial charge in [-0.25, -0.2) is 0 Å². The van der Waals surface area contributed by atoms with Gasteiger partial charge in [0.05, 0.1) is 5.03 Å². The molecule has 0 aliphatic heterocycles. The Kier molecular flexibility index (Phi) is 3.77. The predicted molar refractivity (Wildman–Crippen MR) is 62.7 cm³/mol. The monoisotopic (exact) mass is 207 g/mol. The van der Waals surface area contributed by atoms with Gasteiger partial charge < -0.3 is 5.32 Å². The number of benzene rings is 1. The summed E-state index contributed by atoms with van der Waals surface area (Å²) in [6.07, 6.45) is 1.95. The maximum absolute atomic E-state index is 11.1. The minimum Gasteiger partial charge on any atom is -0.351 e. The molecule has 1 rings (SSSR count). The summed E-state index contributed by atoms with van der Waals surface area (Å²) in [7, 11) is 0. The van der Waals surface area contributed by atoms with Crippen LogP contribution in [0.15, 0.2) is 35.9 Å². The van der Waals surface area contributed by atoms with Gasteiger partial charge in [0.25, 0.3) is 0 Å². The first kappa shape index (κ1) is 10.9. The second-order valence-electron chi connectivity index (χ2n) is 2.89. The molecule has 0 heterocycles. The van der Waals surface area contributed by atoms with Crippen LogP contribution in [-0.4, -0.2) is 12.0 Å². The molecule has 0 atom stereocenters. The number of thioether (sulfide) groups is 1. The van der Waals surface area contributed by atoms with Crippen LogP contribution < -0.4 is 5.32 Å². The highest BCUT2D eigenvalue weighted by molar-refractivity contribution is 8.02. The van der Waals surface area contributed by atoms with Gasteiger partial charge in [-0.05, 0) is 25.3 Å². The number of anilines is 1. The predicted octanol–water partition coefficient (Wildman–Crippen LogP) is 3.14. The number of nitrogens with one attached hydrogen (secondary N) is 1. The van der Waals surface area contributed by atoms with E-state index in [0.29, 0.717) is 5.56 Å². The van der Waals surface area contributed by atoms with Gasteiger partial charge >= 0.3 is 0 Å². The molecule has 1 aromatic carbocycles. The zero-order valence-corrected chi connectivity index (χ0v) is 9.15. The van der Waals surface area contributed by atoms with Crippen molar-refractivity contribution in [3.63, 3.8) is 0 Å². The summed E-state index contributed by atoms with van der Waals surface area (Å²) in [4.78, 5) is 11.1. The zero-order chi connectivity index (χ0) is 10.6. The van der Waals surface area contributed by atoms with Crippen molar-refractivity contribution >= 4 is 23.2 Å². The average Bonchev–Trinajstić information content (AvgIpc) is 2.18. The van der Waals surface area contributed by atoms with Crippen molar-refractivity contribution in [2.75, 3.05) is 11.6 Å². The molecule has 0 bridgehead atoms. The Morgan fingerprint density at radius 2 is 2.21 bits per heavy atom. The third kappa shape index (κ3) is 2.92. The van der Waals surface area contributed by atoms with Gasteiger partial charge in [-0.1, -0.05) is 18.7 Å². The van der Waals surface area contributed by atoms with Crippen LogP contribution in [0.4, 0.5) is 5.69 Å². The smallest absolute Gasteiger partial charge is 0.159 e. The average molecular weight is 207 g/mol. The molecule has 0 fully saturated rings. The Morgan fingerprint density at radius 1 is 1.50 bits per heavy atom. The van der Waals surface area contributed by atoms with Crippen molar-refractivity contribution in [1.82, 2.24) is 0 Å². The Labute approximate surface area is 88.4 Å². The van der Waals surface area contributed by atoms with Crippen molar-refractivity contribution in [3.05, 3.63) is 41.4 Å². The third-order valence-electron chi connectivity index (χ3n) is 1.80. The highest BCUT2D eigenvalue weighted by atomic mass is 32.2. The van der Waals surface area contributed by atoms with Gasteiger partial charge in [-0.2, -0.15) is 0 Å². The van der Waals surface area contributed by atoms with Crippen molar-refractivity contribution < 1.29 is 4.79 Å². The lowest BCUT2D eigenvalue weighted by Crippen LogP contribution is -1.97. The molecule has 1 aromatic rings. The summed E-state index contributed by atoms with van der Waals surface area (Å²) in [6.45, 7) is 5.37. The molecule has 0 unspecified atom stereocenters. The topological polar surface area (TPSA) is 29.1 Å². The Balaban J connectivity index is 2.83. The summed E-state index contributed by atoms with van der Waals surface area (Å²) in [5.74, 6) is 0.0726. The van der Waals surface area contributed by atoms with Gasteiger partial charge in [0.15, 0.2) is 5.78 Å². The number of carbonyl (C=O) groups excluding carboxylic acids is 1. The van der Waals surface area contributed by atoms with E-state index in [2.05, 4.69) is 11.9 Å². The second kappa shape index (κ2) is 4.86. The standard InChI is InChI=1S/C11H13NOS/c1-8(13)10-5-4-6-11(7-10)12-9(2)14-3/h4-7,12H,2H2,1,3H3. The van der Waals surface area contributed by atoms with Gasteiger partial charge in [0.1, 0.15) is 0 Å². The van der Waals surface area contributed by atoms with E-state index in [1.807, 2.05) is 24.5 Å². The van der Waals surface area contributed by atoms with Crippen LogP contribution in [0.3, 0.4) is 0 Å². The third-order valence-corrected chi connectivity index (χ3v) is 2.39. The Morgan fingerprint density at radius 3 is 2.79 bits per heavy atom. The lowest BCUT2D eigenvalue weighted by molar-refractivity contribution is 0.101. The highest BCUT2D eigenvalue weighted by Crippen LogP contribution is 2.16. The van der Waals surface area contributed by atoms with Crippen LogP contribution in [0.1, 0.15) is 17.3 Å². The van der Waals surface area contributed by atoms with Crippen LogP contribution in [0, 0.1) is 0 Å². The van der Waals surface area contributed by atoms with Crippen molar-refractivity contribution in [2.24, 2.45) is 0 Å². The maximum atomic E-state index is 11.1. The molecule has 14 heavy (non-hydrogen) atoms. The first-order chi connectivity index (χ1) is 6.63. The number of ketones is 1. The van der Waals surface area contributed by atoms with E-state index < -0.39 is 0 Å². The molecular formula is C11H13NOS. The minimum atomic E-state index is 0.0726. The molecule has 74 valence electrons. The van der Waals surface area contributed by atoms with Gasteiger partial charge in [0, 0.05) is 11.3 Å². The summed E-state index contributed by atoms with van der Waals surface area (Å²) >= 11 is 1.54. The molecule has 0 amide bonds. The summed E-state index contributed by atoms with van der Waals surface area (Å²) < 4.78 is 0. The normalized spacial score (nSPS) is 9.57. The van der Waals surface area contributed by atoms with Crippen LogP contribution >= 0.6 is 11.8 Å². The molecule has 0 radical (unpaired) electrons. The van der Waals surface area contributed by atoms with Gasteiger partial charge in [-0.15, -0.1) is 11.8 Å². The molecule has 0 aliphatic rings. The van der Waals surface area contributed by atoms with Crippen LogP contribution in [0.2, 0.25) is 0 Å². The van der Waals surface area contributed by atoms with Crippen LogP contribution in [0.5, 0.6) is 0 Å². The van der Waals surface area contributed by atoms with Crippen LogP contribution in [0.25, 0.3) is 0 Å². The molecule has 0 aromatic heterocycles. The second-order valence-corrected chi connectivity index (χ2v) is 3.79. The number of carbonyl (C=O) groups is 1. The Bertz CT molecular complexity index is 360. The molecule has 0 saturated carbocycles. The number of rotatable bonds is 4. The van der Waals surface area contributed by atoms with Gasteiger partial charge in [-0.3, -0.25) is 4.79 Å². The summed E-state index contributed by atoms with van der Waals surface area (Å²) in [6, 6.07) is 7.39. The highest BCUT2D eigenvalue weighted by Gasteiger charge is 2.00. The molecule has 2 nitrogen and oxygen atoms in total. The summed E-state index contributed by atoms with van der Waals surface area (Å²) in [5.41, 5.74) is 1.61. The lowest BCUT2D eigenvalue weighted by atomic mass is 10.1. The summed E-state index contributed by atoms with van der Waals surface area (Å²) in [5, 5.41) is 3.97. The minimum absolute atomic E-state index is 0.0726. The van der Waals surface area contributed by atoms with E-state index in [-0.39, 0.29) is 5.78 Å². The fraction of sp³-hybridized carbons (Fsp3) is 0.182. The molecule has 0 spiro atoms. The zero-order valence-electron chi connectivity index (χ0n) is 8.33. The lowest BCUT2D eigenvalue weighted by Gasteiger charge is -2.07. The van der Waals surface area contributed by atoms with Crippen LogP contribution in [-0.2, 0) is 0 Å². The number of hydrogen-bond donors (Lipinski definition) is 1. The van der Waals surface area contributed by atoms with Gasteiger partial charge in [0.2, 0.25) is 0 Å². The van der Waals surface area contributed by atoms with Crippen molar-refractivity contribution in [2.45, 2.75) is 6.92 Å². The first-order valence-corrected chi connectivity index (χ1v) is 5.47. The number of hydrogen-bond acceptors (Lipinski definition) is 3. The van der Waals surface area contributed by atoms with E-state index in [9.17, 15) is 4.79 Å². The SMILES string of the molecule is C=C(Nc1cccc(C(C)=O)c1)SC. The molecule has 1 N–H and O–H groups in total. The van der Waals surface area contributed by atoms with Crippen molar-refractivity contribution in [3.8, 4) is 0 Å². The fourth-order valence-corrected chi connectivity index (χ4v) is 1.25. The van der Waals surface area contributed by atoms with E-state index in [1.54, 1.807) is 24.8 Å². The van der Waals surface area contributed by atoms with E-state index in [0.717, 1.165) is 10.7 Å². The molecule has 0 saturated heterocycles. The van der Waals surface area contributed by atoms with E-state index in [1.165, 1.54) is 0 Å². The maximum Gasteiger partial charge on any atom is 0.159 e. The molecular weight excluding hydrogens is 194 g/mol. The van der Waals surface area contributed by atoms with Crippen molar-refractivity contribution in [1.29, 1.82) is 0 Å².